The van der Waals surface area contributed by atoms with Crippen LogP contribution in [0, 0.1) is 6.92 Å². The highest BCUT2D eigenvalue weighted by Gasteiger charge is 2.17. The molecule has 0 radical (unpaired) electrons. The Morgan fingerprint density at radius 1 is 1.08 bits per heavy atom. The molecule has 0 spiro atoms. The van der Waals surface area contributed by atoms with E-state index in [9.17, 15) is 4.79 Å². The minimum atomic E-state index is -0.634. The first-order valence-corrected chi connectivity index (χ1v) is 7.87. The van der Waals surface area contributed by atoms with E-state index < -0.39 is 6.04 Å². The minimum absolute atomic E-state index is 0. The number of likely N-dealkylation sites (N-methyl/N-ethyl adjacent to an activating group) is 1. The van der Waals surface area contributed by atoms with Crippen LogP contribution in [-0.2, 0) is 4.79 Å². The lowest BCUT2D eigenvalue weighted by atomic mass is 10.1. The van der Waals surface area contributed by atoms with Crippen molar-refractivity contribution in [1.29, 1.82) is 0 Å². The smallest absolute Gasteiger partial charge is 0.241 e. The molecule has 4 nitrogen and oxygen atoms in total. The van der Waals surface area contributed by atoms with Gasteiger partial charge in [-0.2, -0.15) is 0 Å². The van der Waals surface area contributed by atoms with Crippen LogP contribution in [0.2, 0.25) is 0 Å². The molecule has 0 aliphatic rings. The Balaban J connectivity index is 0.00000288. The van der Waals surface area contributed by atoms with Crippen LogP contribution in [0.4, 0.5) is 5.69 Å². The standard InChI is InChI=1S/C19H25N3O.2ClH/c1-14-9-11-16(12-10-14)18(20)19(23)21-13-15(2)22(3)17-7-5-4-6-8-17;;/h4-12,15,18H,13,20H2,1-3H3,(H,21,23);2*1H. The Kier molecular flexibility index (Phi) is 10.2. The van der Waals surface area contributed by atoms with E-state index in [0.29, 0.717) is 6.54 Å². The van der Waals surface area contributed by atoms with Gasteiger partial charge in [0, 0.05) is 25.3 Å². The van der Waals surface area contributed by atoms with E-state index in [0.717, 1.165) is 16.8 Å². The summed E-state index contributed by atoms with van der Waals surface area (Å²) in [4.78, 5) is 14.4. The molecule has 0 fully saturated rings. The quantitative estimate of drug-likeness (QED) is 0.802. The number of hydrogen-bond donors (Lipinski definition) is 2. The molecule has 0 bridgehead atoms. The largest absolute Gasteiger partial charge is 0.370 e. The van der Waals surface area contributed by atoms with Gasteiger partial charge in [-0.1, -0.05) is 48.0 Å². The van der Waals surface area contributed by atoms with E-state index in [2.05, 4.69) is 29.3 Å². The van der Waals surface area contributed by atoms with Crippen LogP contribution >= 0.6 is 24.8 Å². The lowest BCUT2D eigenvalue weighted by molar-refractivity contribution is -0.122. The number of anilines is 1. The van der Waals surface area contributed by atoms with Gasteiger partial charge in [0.2, 0.25) is 5.91 Å². The summed E-state index contributed by atoms with van der Waals surface area (Å²) in [5.74, 6) is -0.151. The third-order valence-electron chi connectivity index (χ3n) is 4.12. The molecule has 0 heterocycles. The number of nitrogens with zero attached hydrogens (tertiary/aromatic N) is 1. The number of nitrogens with two attached hydrogens (primary N) is 1. The number of hydrogen-bond acceptors (Lipinski definition) is 3. The minimum Gasteiger partial charge on any atom is -0.370 e. The van der Waals surface area contributed by atoms with Crippen molar-refractivity contribution in [3.05, 3.63) is 65.7 Å². The molecule has 0 aromatic heterocycles. The maximum absolute atomic E-state index is 12.2. The molecule has 0 aliphatic carbocycles. The van der Waals surface area contributed by atoms with Gasteiger partial charge in [0.1, 0.15) is 6.04 Å². The van der Waals surface area contributed by atoms with Crippen LogP contribution in [0.25, 0.3) is 0 Å². The highest BCUT2D eigenvalue weighted by Crippen LogP contribution is 2.14. The van der Waals surface area contributed by atoms with Gasteiger partial charge < -0.3 is 16.0 Å². The second-order valence-corrected chi connectivity index (χ2v) is 5.93. The van der Waals surface area contributed by atoms with Crippen LogP contribution in [0.3, 0.4) is 0 Å². The maximum atomic E-state index is 12.2. The van der Waals surface area contributed by atoms with Crippen LogP contribution in [0.15, 0.2) is 54.6 Å². The zero-order valence-electron chi connectivity index (χ0n) is 14.8. The first-order valence-electron chi connectivity index (χ1n) is 7.87. The number of nitrogens with one attached hydrogen (secondary N) is 1. The first-order chi connectivity index (χ1) is 11.0. The average molecular weight is 384 g/mol. The lowest BCUT2D eigenvalue weighted by Crippen LogP contribution is -2.43. The second-order valence-electron chi connectivity index (χ2n) is 5.93. The number of rotatable bonds is 6. The summed E-state index contributed by atoms with van der Waals surface area (Å²) in [6.45, 7) is 4.63. The number of aryl methyl sites for hydroxylation is 1. The van der Waals surface area contributed by atoms with Crippen molar-refractivity contribution < 1.29 is 4.79 Å². The van der Waals surface area contributed by atoms with E-state index in [4.69, 9.17) is 5.73 Å². The average Bonchev–Trinajstić information content (AvgIpc) is 2.59. The SMILES string of the molecule is Cc1ccc(C(N)C(=O)NCC(C)N(C)c2ccccc2)cc1.Cl.Cl. The number of benzene rings is 2. The molecule has 2 rings (SSSR count). The molecule has 6 heteroatoms. The zero-order valence-corrected chi connectivity index (χ0v) is 16.4. The Morgan fingerprint density at radius 3 is 2.20 bits per heavy atom. The van der Waals surface area contributed by atoms with Crippen molar-refractivity contribution in [3.63, 3.8) is 0 Å². The van der Waals surface area contributed by atoms with Crippen molar-refractivity contribution in [3.8, 4) is 0 Å². The Hall–Kier alpha value is -1.75. The molecule has 1 amide bonds. The molecule has 3 N–H and O–H groups in total. The number of carbonyl (C=O) groups is 1. The molecule has 2 aromatic rings. The molecule has 0 aliphatic heterocycles. The fourth-order valence-electron chi connectivity index (χ4n) is 2.34. The van der Waals surface area contributed by atoms with Gasteiger partial charge in [-0.3, -0.25) is 4.79 Å². The summed E-state index contributed by atoms with van der Waals surface area (Å²) >= 11 is 0. The van der Waals surface area contributed by atoms with Crippen LogP contribution in [0.1, 0.15) is 24.1 Å². The molecule has 138 valence electrons. The summed E-state index contributed by atoms with van der Waals surface area (Å²) in [5.41, 5.74) is 9.14. The van der Waals surface area contributed by atoms with Gasteiger partial charge in [-0.25, -0.2) is 0 Å². The zero-order chi connectivity index (χ0) is 16.8. The highest BCUT2D eigenvalue weighted by atomic mass is 35.5. The van der Waals surface area contributed by atoms with Gasteiger partial charge >= 0.3 is 0 Å². The number of carbonyl (C=O) groups excluding carboxylic acids is 1. The topological polar surface area (TPSA) is 58.4 Å². The summed E-state index contributed by atoms with van der Waals surface area (Å²) in [6.07, 6.45) is 0. The van der Waals surface area contributed by atoms with Crippen molar-refractivity contribution >= 4 is 36.4 Å². The van der Waals surface area contributed by atoms with Crippen molar-refractivity contribution in [2.75, 3.05) is 18.5 Å². The Bertz CT molecular complexity index is 635. The summed E-state index contributed by atoms with van der Waals surface area (Å²) in [6, 6.07) is 17.4. The Morgan fingerprint density at radius 2 is 1.64 bits per heavy atom. The molecule has 25 heavy (non-hydrogen) atoms. The second kappa shape index (κ2) is 11.0. The first kappa shape index (κ1) is 23.2. The van der Waals surface area contributed by atoms with Gasteiger partial charge in [-0.15, -0.1) is 24.8 Å². The summed E-state index contributed by atoms with van der Waals surface area (Å²) in [7, 11) is 2.02. The Labute approximate surface area is 162 Å². The summed E-state index contributed by atoms with van der Waals surface area (Å²) in [5, 5.41) is 2.94. The van der Waals surface area contributed by atoms with Crippen molar-refractivity contribution in [2.45, 2.75) is 25.9 Å². The monoisotopic (exact) mass is 383 g/mol. The van der Waals surface area contributed by atoms with E-state index >= 15 is 0 Å². The van der Waals surface area contributed by atoms with Crippen molar-refractivity contribution in [1.82, 2.24) is 5.32 Å². The van der Waals surface area contributed by atoms with Crippen LogP contribution in [-0.4, -0.2) is 25.5 Å². The van der Waals surface area contributed by atoms with E-state index in [1.165, 1.54) is 0 Å². The normalized spacial score (nSPS) is 12.2. The predicted octanol–water partition coefficient (Wildman–Crippen LogP) is 3.48. The molecule has 2 unspecified atom stereocenters. The number of para-hydroxylation sites is 1. The van der Waals surface area contributed by atoms with Gasteiger partial charge in [0.15, 0.2) is 0 Å². The fourth-order valence-corrected chi connectivity index (χ4v) is 2.34. The molecule has 0 saturated heterocycles. The van der Waals surface area contributed by atoms with E-state index in [1.54, 1.807) is 0 Å². The van der Waals surface area contributed by atoms with Gasteiger partial charge in [-0.05, 0) is 31.5 Å². The molecule has 2 aromatic carbocycles. The van der Waals surface area contributed by atoms with Gasteiger partial charge in [0.25, 0.3) is 0 Å². The fraction of sp³-hybridized carbons (Fsp3) is 0.316. The molecule has 0 saturated carbocycles. The highest BCUT2D eigenvalue weighted by molar-refractivity contribution is 5.85. The number of halogens is 2. The van der Waals surface area contributed by atoms with Crippen LogP contribution in [0.5, 0.6) is 0 Å². The third kappa shape index (κ3) is 6.58. The molecular weight excluding hydrogens is 357 g/mol. The van der Waals surface area contributed by atoms with Crippen molar-refractivity contribution in [2.24, 2.45) is 5.73 Å². The van der Waals surface area contributed by atoms with E-state index in [-0.39, 0.29) is 36.8 Å². The van der Waals surface area contributed by atoms with E-state index in [1.807, 2.05) is 56.4 Å². The van der Waals surface area contributed by atoms with Gasteiger partial charge in [0.05, 0.1) is 0 Å². The summed E-state index contributed by atoms with van der Waals surface area (Å²) < 4.78 is 0. The van der Waals surface area contributed by atoms with Crippen LogP contribution < -0.4 is 16.0 Å². The molecule has 2 atom stereocenters. The number of amides is 1. The third-order valence-corrected chi connectivity index (χ3v) is 4.12. The lowest BCUT2D eigenvalue weighted by Gasteiger charge is -2.27. The maximum Gasteiger partial charge on any atom is 0.241 e. The molecular formula is C19H27Cl2N3O. The predicted molar refractivity (Wildman–Crippen MR) is 110 cm³/mol.